The number of hydrogen-bond acceptors (Lipinski definition) is 0. The van der Waals surface area contributed by atoms with Gasteiger partial charge in [-0.25, -0.2) is 0 Å². The van der Waals surface area contributed by atoms with Crippen LogP contribution in [-0.4, -0.2) is 0 Å². The van der Waals surface area contributed by atoms with E-state index in [0.717, 1.165) is 4.47 Å². The molecule has 1 heteroatoms. The van der Waals surface area contributed by atoms with Crippen molar-refractivity contribution >= 4 is 15.9 Å². The third-order valence-electron chi connectivity index (χ3n) is 2.62. The molecule has 0 aliphatic carbocycles. The molecule has 2 aromatic rings. The minimum atomic E-state index is 1.16. The Bertz CT molecular complexity index is 466. The number of hydrogen-bond donors (Lipinski definition) is 0. The second kappa shape index (κ2) is 6.61. The van der Waals surface area contributed by atoms with Gasteiger partial charge in [0.1, 0.15) is 0 Å². The summed E-state index contributed by atoms with van der Waals surface area (Å²) in [5.41, 5.74) is 5.25. The van der Waals surface area contributed by atoms with Crippen molar-refractivity contribution < 1.29 is 0 Å². The fraction of sp³-hybridized carbons (Fsp3) is 0.250. The summed E-state index contributed by atoms with van der Waals surface area (Å²) in [7, 11) is 0. The largest absolute Gasteiger partial charge is 0.0683 e. The average Bonchev–Trinajstić information content (AvgIpc) is 2.34. The Morgan fingerprint density at radius 1 is 0.765 bits per heavy atom. The summed E-state index contributed by atoms with van der Waals surface area (Å²) < 4.78 is 1.16. The van der Waals surface area contributed by atoms with Gasteiger partial charge in [-0.05, 0) is 42.2 Å². The maximum Gasteiger partial charge on any atom is 0.0253 e. The van der Waals surface area contributed by atoms with Crippen molar-refractivity contribution in [3.05, 3.63) is 58.1 Å². The van der Waals surface area contributed by atoms with Crippen molar-refractivity contribution in [3.63, 3.8) is 0 Å². The van der Waals surface area contributed by atoms with Crippen LogP contribution >= 0.6 is 15.9 Å². The molecule has 2 rings (SSSR count). The molecule has 17 heavy (non-hydrogen) atoms. The summed E-state index contributed by atoms with van der Waals surface area (Å²) >= 11 is 3.60. The van der Waals surface area contributed by atoms with E-state index in [-0.39, 0.29) is 0 Å². The van der Waals surface area contributed by atoms with E-state index in [0.29, 0.717) is 0 Å². The van der Waals surface area contributed by atoms with Crippen LogP contribution in [-0.2, 0) is 0 Å². The molecule has 0 radical (unpaired) electrons. The maximum atomic E-state index is 3.60. The van der Waals surface area contributed by atoms with Crippen molar-refractivity contribution in [1.29, 1.82) is 0 Å². The first-order valence-electron chi connectivity index (χ1n) is 6.01. The van der Waals surface area contributed by atoms with Crippen molar-refractivity contribution in [3.8, 4) is 11.1 Å². The highest BCUT2D eigenvalue weighted by atomic mass is 79.9. The molecule has 0 heterocycles. The second-order valence-electron chi connectivity index (χ2n) is 3.75. The van der Waals surface area contributed by atoms with E-state index in [1.54, 1.807) is 0 Å². The van der Waals surface area contributed by atoms with Gasteiger partial charge in [0.05, 0.1) is 0 Å². The minimum Gasteiger partial charge on any atom is -0.0683 e. The van der Waals surface area contributed by atoms with Crippen LogP contribution in [0.5, 0.6) is 0 Å². The van der Waals surface area contributed by atoms with Crippen LogP contribution in [0.25, 0.3) is 11.1 Å². The Kier molecular flexibility index (Phi) is 5.43. The lowest BCUT2D eigenvalue weighted by Gasteiger charge is -2.11. The smallest absolute Gasteiger partial charge is 0.0253 e. The molecular formula is C16H19Br. The van der Waals surface area contributed by atoms with Gasteiger partial charge in [0.15, 0.2) is 0 Å². The van der Waals surface area contributed by atoms with E-state index in [1.807, 2.05) is 19.9 Å². The lowest BCUT2D eigenvalue weighted by atomic mass is 9.96. The van der Waals surface area contributed by atoms with Gasteiger partial charge >= 0.3 is 0 Å². The summed E-state index contributed by atoms with van der Waals surface area (Å²) in [5, 5.41) is 0. The fourth-order valence-corrected chi connectivity index (χ4v) is 2.39. The first kappa shape index (κ1) is 14.0. The zero-order chi connectivity index (χ0) is 12.8. The Hall–Kier alpha value is -1.08. The van der Waals surface area contributed by atoms with Crippen LogP contribution < -0.4 is 0 Å². The van der Waals surface area contributed by atoms with Gasteiger partial charge in [-0.1, -0.05) is 66.2 Å². The third-order valence-corrected chi connectivity index (χ3v) is 3.32. The van der Waals surface area contributed by atoms with Gasteiger partial charge in [-0.2, -0.15) is 0 Å². The number of benzene rings is 2. The molecule has 2 aromatic carbocycles. The highest BCUT2D eigenvalue weighted by Gasteiger charge is 2.07. The molecule has 0 N–H and O–H groups in total. The number of aryl methyl sites for hydroxylation is 2. The predicted molar refractivity (Wildman–Crippen MR) is 80.4 cm³/mol. The van der Waals surface area contributed by atoms with E-state index in [9.17, 15) is 0 Å². The van der Waals surface area contributed by atoms with Crippen LogP contribution in [0.2, 0.25) is 0 Å². The molecular weight excluding hydrogens is 272 g/mol. The zero-order valence-electron chi connectivity index (χ0n) is 10.9. The van der Waals surface area contributed by atoms with Gasteiger partial charge in [-0.15, -0.1) is 0 Å². The first-order valence-corrected chi connectivity index (χ1v) is 6.80. The van der Waals surface area contributed by atoms with Crippen LogP contribution in [0.4, 0.5) is 0 Å². The number of rotatable bonds is 1. The van der Waals surface area contributed by atoms with Gasteiger partial charge in [0.25, 0.3) is 0 Å². The second-order valence-corrected chi connectivity index (χ2v) is 4.60. The van der Waals surface area contributed by atoms with Gasteiger partial charge in [-0.3, -0.25) is 0 Å². The van der Waals surface area contributed by atoms with Crippen LogP contribution in [0.15, 0.2) is 46.9 Å². The van der Waals surface area contributed by atoms with Crippen molar-refractivity contribution in [2.45, 2.75) is 27.7 Å². The normalized spacial score (nSPS) is 9.47. The van der Waals surface area contributed by atoms with E-state index in [4.69, 9.17) is 0 Å². The zero-order valence-corrected chi connectivity index (χ0v) is 12.5. The van der Waals surface area contributed by atoms with E-state index < -0.39 is 0 Å². The Morgan fingerprint density at radius 3 is 1.82 bits per heavy atom. The molecule has 90 valence electrons. The van der Waals surface area contributed by atoms with E-state index >= 15 is 0 Å². The lowest BCUT2D eigenvalue weighted by molar-refractivity contribution is 1.37. The molecule has 0 aromatic heterocycles. The highest BCUT2D eigenvalue weighted by Crippen LogP contribution is 2.32. The minimum absolute atomic E-state index is 1.16. The molecule has 0 spiro atoms. The van der Waals surface area contributed by atoms with Crippen LogP contribution in [0.1, 0.15) is 25.0 Å². The Balaban J connectivity index is 0.000000686. The van der Waals surface area contributed by atoms with Gasteiger partial charge in [0.2, 0.25) is 0 Å². The van der Waals surface area contributed by atoms with E-state index in [1.165, 1.54) is 22.3 Å². The predicted octanol–water partition coefficient (Wildman–Crippen LogP) is 5.76. The van der Waals surface area contributed by atoms with Crippen molar-refractivity contribution in [1.82, 2.24) is 0 Å². The maximum absolute atomic E-state index is 3.60. The summed E-state index contributed by atoms with van der Waals surface area (Å²) in [6.45, 7) is 8.31. The van der Waals surface area contributed by atoms with Gasteiger partial charge in [0, 0.05) is 4.47 Å². The van der Waals surface area contributed by atoms with Crippen molar-refractivity contribution in [2.24, 2.45) is 0 Å². The number of halogens is 1. The monoisotopic (exact) mass is 290 g/mol. The topological polar surface area (TPSA) is 0 Å². The molecule has 0 bridgehead atoms. The summed E-state index contributed by atoms with van der Waals surface area (Å²) in [5.74, 6) is 0. The molecule has 0 atom stereocenters. The first-order chi connectivity index (χ1) is 8.20. The molecule has 0 nitrogen and oxygen atoms in total. The summed E-state index contributed by atoms with van der Waals surface area (Å²) in [6, 6.07) is 14.8. The molecule has 0 aliphatic heterocycles. The Labute approximate surface area is 113 Å². The van der Waals surface area contributed by atoms with Gasteiger partial charge < -0.3 is 0 Å². The molecule has 0 fully saturated rings. The SMILES string of the molecule is CC.Cc1cccc(C)c1-c1ccccc1Br. The van der Waals surface area contributed by atoms with Crippen LogP contribution in [0, 0.1) is 13.8 Å². The summed E-state index contributed by atoms with van der Waals surface area (Å²) in [6.07, 6.45) is 0. The highest BCUT2D eigenvalue weighted by molar-refractivity contribution is 9.10. The van der Waals surface area contributed by atoms with E-state index in [2.05, 4.69) is 66.2 Å². The Morgan fingerprint density at radius 2 is 1.29 bits per heavy atom. The molecule has 0 saturated carbocycles. The standard InChI is InChI=1S/C14H13Br.C2H6/c1-10-6-5-7-11(2)14(10)12-8-3-4-9-13(12)15;1-2/h3-9H,1-2H3;1-2H3. The molecule has 0 saturated heterocycles. The molecule has 0 unspecified atom stereocenters. The quantitative estimate of drug-likeness (QED) is 0.626. The lowest BCUT2D eigenvalue weighted by Crippen LogP contribution is -1.88. The fourth-order valence-electron chi connectivity index (χ4n) is 1.90. The average molecular weight is 291 g/mol. The third kappa shape index (κ3) is 3.19. The molecule has 0 amide bonds. The summed E-state index contributed by atoms with van der Waals surface area (Å²) in [4.78, 5) is 0. The van der Waals surface area contributed by atoms with Crippen molar-refractivity contribution in [2.75, 3.05) is 0 Å². The molecule has 0 aliphatic rings. The van der Waals surface area contributed by atoms with Crippen LogP contribution in [0.3, 0.4) is 0 Å².